The first-order chi connectivity index (χ1) is 6.18. The molecule has 0 aliphatic carbocycles. The van der Waals surface area contributed by atoms with Gasteiger partial charge >= 0.3 is 0 Å². The third-order valence-corrected chi connectivity index (χ3v) is 2.52. The van der Waals surface area contributed by atoms with Crippen LogP contribution in [0.5, 0.6) is 11.5 Å². The minimum Gasteiger partial charge on any atom is -0.454 e. The maximum absolute atomic E-state index is 9.36. The van der Waals surface area contributed by atoms with Gasteiger partial charge in [-0.05, 0) is 40.5 Å². The van der Waals surface area contributed by atoms with E-state index in [9.17, 15) is 5.11 Å². The van der Waals surface area contributed by atoms with E-state index >= 15 is 0 Å². The van der Waals surface area contributed by atoms with Crippen LogP contribution in [-0.2, 0) is 0 Å². The molecule has 1 N–H and O–H groups in total. The van der Waals surface area contributed by atoms with E-state index in [1.54, 1.807) is 13.0 Å². The van der Waals surface area contributed by atoms with Crippen molar-refractivity contribution in [2.24, 2.45) is 0 Å². The van der Waals surface area contributed by atoms with Gasteiger partial charge in [-0.3, -0.25) is 0 Å². The summed E-state index contributed by atoms with van der Waals surface area (Å²) < 4.78 is 11.2. The monoisotopic (exact) mass is 244 g/mol. The second kappa shape index (κ2) is 3.20. The molecule has 0 radical (unpaired) electrons. The number of benzene rings is 1. The van der Waals surface area contributed by atoms with Gasteiger partial charge in [-0.25, -0.2) is 0 Å². The molecule has 1 atom stereocenters. The SMILES string of the molecule is CC(O)c1cc(Br)c2c(c1)OCO2. The number of hydrogen-bond donors (Lipinski definition) is 1. The van der Waals surface area contributed by atoms with Gasteiger partial charge in [0.2, 0.25) is 6.79 Å². The van der Waals surface area contributed by atoms with Crippen molar-refractivity contribution in [3.63, 3.8) is 0 Å². The van der Waals surface area contributed by atoms with E-state index < -0.39 is 6.10 Å². The van der Waals surface area contributed by atoms with Crippen molar-refractivity contribution in [3.05, 3.63) is 22.2 Å². The van der Waals surface area contributed by atoms with Crippen LogP contribution in [0.2, 0.25) is 0 Å². The summed E-state index contributed by atoms with van der Waals surface area (Å²) in [7, 11) is 0. The van der Waals surface area contributed by atoms with Crippen LogP contribution >= 0.6 is 15.9 Å². The molecule has 1 heterocycles. The molecule has 2 rings (SSSR count). The quantitative estimate of drug-likeness (QED) is 0.824. The molecule has 1 aliphatic rings. The number of ether oxygens (including phenoxy) is 2. The topological polar surface area (TPSA) is 38.7 Å². The molecule has 0 fully saturated rings. The summed E-state index contributed by atoms with van der Waals surface area (Å²) >= 11 is 3.35. The molecule has 1 aliphatic heterocycles. The first-order valence-corrected chi connectivity index (χ1v) is 4.75. The second-order valence-corrected chi connectivity index (χ2v) is 3.77. The van der Waals surface area contributed by atoms with Crippen molar-refractivity contribution in [1.29, 1.82) is 0 Å². The van der Waals surface area contributed by atoms with Crippen LogP contribution < -0.4 is 9.47 Å². The molecule has 13 heavy (non-hydrogen) atoms. The maximum atomic E-state index is 9.36. The zero-order valence-corrected chi connectivity index (χ0v) is 8.67. The molecule has 0 saturated heterocycles. The maximum Gasteiger partial charge on any atom is 0.231 e. The zero-order chi connectivity index (χ0) is 9.42. The van der Waals surface area contributed by atoms with Gasteiger partial charge in [0.05, 0.1) is 10.6 Å². The molecule has 1 aromatic carbocycles. The normalized spacial score (nSPS) is 15.9. The van der Waals surface area contributed by atoms with Crippen molar-refractivity contribution in [1.82, 2.24) is 0 Å². The van der Waals surface area contributed by atoms with Crippen molar-refractivity contribution >= 4 is 15.9 Å². The average Bonchev–Trinajstić information content (AvgIpc) is 2.51. The first-order valence-electron chi connectivity index (χ1n) is 3.95. The van der Waals surface area contributed by atoms with Crippen LogP contribution in [0.25, 0.3) is 0 Å². The van der Waals surface area contributed by atoms with E-state index in [0.717, 1.165) is 10.0 Å². The Balaban J connectivity index is 2.49. The Morgan fingerprint density at radius 1 is 1.46 bits per heavy atom. The Labute approximate surface area is 84.4 Å². The lowest BCUT2D eigenvalue weighted by Gasteiger charge is -2.06. The first kappa shape index (κ1) is 8.84. The summed E-state index contributed by atoms with van der Waals surface area (Å²) in [5.41, 5.74) is 0.816. The van der Waals surface area contributed by atoms with E-state index in [4.69, 9.17) is 9.47 Å². The van der Waals surface area contributed by atoms with Gasteiger partial charge in [0.15, 0.2) is 11.5 Å². The van der Waals surface area contributed by atoms with Crippen molar-refractivity contribution in [2.75, 3.05) is 6.79 Å². The summed E-state index contributed by atoms with van der Waals surface area (Å²) in [6, 6.07) is 3.62. The smallest absolute Gasteiger partial charge is 0.231 e. The lowest BCUT2D eigenvalue weighted by Crippen LogP contribution is -1.93. The Morgan fingerprint density at radius 2 is 2.23 bits per heavy atom. The Morgan fingerprint density at radius 3 is 2.92 bits per heavy atom. The molecule has 1 unspecified atom stereocenters. The number of aliphatic hydroxyl groups is 1. The number of fused-ring (bicyclic) bond motifs is 1. The molecule has 0 saturated carbocycles. The van der Waals surface area contributed by atoms with Crippen LogP contribution in [0.4, 0.5) is 0 Å². The summed E-state index contributed by atoms with van der Waals surface area (Å²) in [5, 5.41) is 9.36. The highest BCUT2D eigenvalue weighted by atomic mass is 79.9. The van der Waals surface area contributed by atoms with Gasteiger partial charge in [-0.1, -0.05) is 0 Å². The van der Waals surface area contributed by atoms with E-state index in [1.807, 2.05) is 6.07 Å². The summed E-state index contributed by atoms with van der Waals surface area (Å²) in [4.78, 5) is 0. The summed E-state index contributed by atoms with van der Waals surface area (Å²) in [5.74, 6) is 1.40. The van der Waals surface area contributed by atoms with Gasteiger partial charge in [0.25, 0.3) is 0 Å². The highest BCUT2D eigenvalue weighted by Crippen LogP contribution is 2.41. The summed E-state index contributed by atoms with van der Waals surface area (Å²) in [6.07, 6.45) is -0.495. The molecule has 4 heteroatoms. The molecule has 70 valence electrons. The van der Waals surface area contributed by atoms with Crippen LogP contribution in [0.1, 0.15) is 18.6 Å². The fraction of sp³-hybridized carbons (Fsp3) is 0.333. The zero-order valence-electron chi connectivity index (χ0n) is 7.08. The Kier molecular flexibility index (Phi) is 2.17. The standard InChI is InChI=1S/C9H9BrO3/c1-5(11)6-2-7(10)9-8(3-6)12-4-13-9/h2-3,5,11H,4H2,1H3. The predicted octanol–water partition coefficient (Wildman–Crippen LogP) is 2.23. The lowest BCUT2D eigenvalue weighted by atomic mass is 10.1. The molecule has 3 nitrogen and oxygen atoms in total. The minimum absolute atomic E-state index is 0.247. The fourth-order valence-electron chi connectivity index (χ4n) is 1.23. The van der Waals surface area contributed by atoms with Crippen molar-refractivity contribution in [3.8, 4) is 11.5 Å². The number of halogens is 1. The number of rotatable bonds is 1. The minimum atomic E-state index is -0.495. The number of hydrogen-bond acceptors (Lipinski definition) is 3. The van der Waals surface area contributed by atoms with Gasteiger partial charge in [0.1, 0.15) is 0 Å². The van der Waals surface area contributed by atoms with E-state index in [0.29, 0.717) is 11.5 Å². The van der Waals surface area contributed by atoms with Gasteiger partial charge < -0.3 is 14.6 Å². The molecular formula is C9H9BrO3. The molecule has 0 spiro atoms. The Bertz CT molecular complexity index is 336. The van der Waals surface area contributed by atoms with Crippen LogP contribution in [0.3, 0.4) is 0 Å². The highest BCUT2D eigenvalue weighted by Gasteiger charge is 2.18. The van der Waals surface area contributed by atoms with Crippen LogP contribution in [0, 0.1) is 0 Å². The van der Waals surface area contributed by atoms with E-state index in [-0.39, 0.29) is 6.79 Å². The average molecular weight is 245 g/mol. The predicted molar refractivity (Wildman–Crippen MR) is 50.9 cm³/mol. The van der Waals surface area contributed by atoms with Crippen LogP contribution in [0.15, 0.2) is 16.6 Å². The van der Waals surface area contributed by atoms with E-state index in [1.165, 1.54) is 0 Å². The van der Waals surface area contributed by atoms with Crippen molar-refractivity contribution < 1.29 is 14.6 Å². The third kappa shape index (κ3) is 1.51. The van der Waals surface area contributed by atoms with Crippen molar-refractivity contribution in [2.45, 2.75) is 13.0 Å². The van der Waals surface area contributed by atoms with Crippen LogP contribution in [-0.4, -0.2) is 11.9 Å². The van der Waals surface area contributed by atoms with Gasteiger partial charge in [0, 0.05) is 0 Å². The second-order valence-electron chi connectivity index (χ2n) is 2.91. The molecule has 0 bridgehead atoms. The van der Waals surface area contributed by atoms with Gasteiger partial charge in [-0.15, -0.1) is 0 Å². The largest absolute Gasteiger partial charge is 0.454 e. The van der Waals surface area contributed by atoms with Gasteiger partial charge in [-0.2, -0.15) is 0 Å². The third-order valence-electron chi connectivity index (χ3n) is 1.93. The molecular weight excluding hydrogens is 236 g/mol. The molecule has 1 aromatic rings. The molecule has 0 amide bonds. The molecule has 0 aromatic heterocycles. The lowest BCUT2D eigenvalue weighted by molar-refractivity contribution is 0.173. The number of aliphatic hydroxyl groups excluding tert-OH is 1. The summed E-state index contributed by atoms with van der Waals surface area (Å²) in [6.45, 7) is 1.96. The highest BCUT2D eigenvalue weighted by molar-refractivity contribution is 9.10. The fourth-order valence-corrected chi connectivity index (χ4v) is 1.80. The van der Waals surface area contributed by atoms with E-state index in [2.05, 4.69) is 15.9 Å². The Hall–Kier alpha value is -0.740.